The Bertz CT molecular complexity index is 1710. The van der Waals surface area contributed by atoms with Gasteiger partial charge in [0.15, 0.2) is 17.0 Å². The number of carbonyl (C=O) groups excluding carboxylic acids is 1. The second-order valence-electron chi connectivity index (χ2n) is 7.88. The normalized spacial score (nSPS) is 12.0. The van der Waals surface area contributed by atoms with Gasteiger partial charge in [0.1, 0.15) is 0 Å². The number of esters is 1. The highest BCUT2D eigenvalue weighted by atomic mass is 35.5. The predicted octanol–water partition coefficient (Wildman–Crippen LogP) is 4.27. The Morgan fingerprint density at radius 2 is 1.59 bits per heavy atom. The lowest BCUT2D eigenvalue weighted by molar-refractivity contribution is 0.0529. The molecule has 14 heteroatoms. The lowest BCUT2D eigenvalue weighted by atomic mass is 10.0. The molecule has 0 aliphatic heterocycles. The topological polar surface area (TPSA) is 128 Å². The molecule has 0 fully saturated rings. The first-order chi connectivity index (χ1) is 17.3. The third kappa shape index (κ3) is 5.14. The number of hydrogen-bond acceptors (Lipinski definition) is 8. The van der Waals surface area contributed by atoms with Gasteiger partial charge in [-0.05, 0) is 25.1 Å². The summed E-state index contributed by atoms with van der Waals surface area (Å²) in [6.07, 6.45) is 2.82. The van der Waals surface area contributed by atoms with Gasteiger partial charge in [0, 0.05) is 32.9 Å². The van der Waals surface area contributed by atoms with Gasteiger partial charge in [0.05, 0.1) is 24.8 Å². The first kappa shape index (κ1) is 26.9. The molecule has 194 valence electrons. The molecule has 10 nitrogen and oxygen atoms in total. The summed E-state index contributed by atoms with van der Waals surface area (Å²) >= 11 is 12.6. The van der Waals surface area contributed by atoms with E-state index in [-0.39, 0.29) is 16.0 Å². The molecule has 4 rings (SSSR count). The molecule has 0 spiro atoms. The van der Waals surface area contributed by atoms with Gasteiger partial charge in [0.25, 0.3) is 0 Å². The van der Waals surface area contributed by atoms with E-state index in [1.807, 2.05) is 0 Å². The lowest BCUT2D eigenvalue weighted by Crippen LogP contribution is -2.36. The molecule has 37 heavy (non-hydrogen) atoms. The quantitative estimate of drug-likeness (QED) is 0.295. The fraction of sp³-hybridized carbons (Fsp3) is 0.174. The number of benzene rings is 2. The van der Waals surface area contributed by atoms with E-state index in [2.05, 4.69) is 10.1 Å². The predicted molar refractivity (Wildman–Crippen MR) is 142 cm³/mol. The van der Waals surface area contributed by atoms with Crippen LogP contribution in [0.4, 0.5) is 5.82 Å². The van der Waals surface area contributed by atoms with Crippen LogP contribution in [0.15, 0.2) is 54.7 Å². The maximum atomic E-state index is 13.0. The monoisotopic (exact) mass is 582 g/mol. The molecule has 2 aromatic heterocycles. The smallest absolute Gasteiger partial charge is 0.345 e. The van der Waals surface area contributed by atoms with Crippen molar-refractivity contribution in [1.82, 2.24) is 14.6 Å². The fourth-order valence-corrected chi connectivity index (χ4v) is 7.02. The molecular formula is C23H20Cl2N4O6S2. The van der Waals surface area contributed by atoms with Crippen LogP contribution in [0.25, 0.3) is 28.0 Å². The van der Waals surface area contributed by atoms with Crippen LogP contribution in [-0.4, -0.2) is 56.5 Å². The molecule has 0 radical (unpaired) electrons. The Morgan fingerprint density at radius 3 is 2.16 bits per heavy atom. The zero-order valence-electron chi connectivity index (χ0n) is 19.7. The van der Waals surface area contributed by atoms with E-state index in [1.54, 1.807) is 55.5 Å². The largest absolute Gasteiger partial charge is 0.462 e. The third-order valence-corrected chi connectivity index (χ3v) is 8.92. The maximum absolute atomic E-state index is 13.0. The Kier molecular flexibility index (Phi) is 7.21. The van der Waals surface area contributed by atoms with Crippen molar-refractivity contribution >= 4 is 60.7 Å². The molecule has 2 heterocycles. The highest BCUT2D eigenvalue weighted by molar-refractivity contribution is 8.09. The zero-order chi connectivity index (χ0) is 27.1. The van der Waals surface area contributed by atoms with Gasteiger partial charge in [-0.25, -0.2) is 31.1 Å². The molecule has 0 amide bonds. The maximum Gasteiger partial charge on any atom is 0.345 e. The molecule has 0 N–H and O–H groups in total. The van der Waals surface area contributed by atoms with Crippen LogP contribution in [0.5, 0.6) is 0 Å². The Labute approximate surface area is 223 Å². The molecule has 0 aliphatic rings. The molecule has 2 aromatic carbocycles. The minimum absolute atomic E-state index is 0.0604. The number of anilines is 1. The Hall–Kier alpha value is -3.19. The number of nitrogens with zero attached hydrogens (tertiary/aromatic N) is 4. The minimum atomic E-state index is -4.45. The molecule has 4 aromatic rings. The van der Waals surface area contributed by atoms with Crippen molar-refractivity contribution in [1.29, 1.82) is 0 Å². The van der Waals surface area contributed by atoms with E-state index >= 15 is 0 Å². The van der Waals surface area contributed by atoms with Gasteiger partial charge in [-0.2, -0.15) is 0 Å². The number of carbonyl (C=O) groups is 1. The second-order valence-corrected chi connectivity index (χ2v) is 12.6. The van der Waals surface area contributed by atoms with E-state index in [0.29, 0.717) is 44.9 Å². The molecule has 0 saturated heterocycles. The zero-order valence-corrected chi connectivity index (χ0v) is 22.9. The summed E-state index contributed by atoms with van der Waals surface area (Å²) in [7, 11) is -8.90. The number of fused-ring (bicyclic) bond motifs is 1. The van der Waals surface area contributed by atoms with Crippen LogP contribution in [0.3, 0.4) is 0 Å². The van der Waals surface area contributed by atoms with Crippen LogP contribution in [0.2, 0.25) is 10.0 Å². The van der Waals surface area contributed by atoms with Crippen LogP contribution >= 0.6 is 23.2 Å². The first-order valence-corrected chi connectivity index (χ1v) is 15.1. The highest BCUT2D eigenvalue weighted by Gasteiger charge is 2.37. The van der Waals surface area contributed by atoms with Gasteiger partial charge < -0.3 is 4.74 Å². The average molecular weight is 583 g/mol. The molecule has 0 saturated carbocycles. The number of halogens is 2. The van der Waals surface area contributed by atoms with Gasteiger partial charge in [-0.15, -0.1) is 8.81 Å². The van der Waals surface area contributed by atoms with E-state index < -0.39 is 37.4 Å². The second kappa shape index (κ2) is 9.93. The Balaban J connectivity index is 2.21. The van der Waals surface area contributed by atoms with Crippen molar-refractivity contribution in [2.24, 2.45) is 0 Å². The van der Waals surface area contributed by atoms with Gasteiger partial charge >= 0.3 is 5.97 Å². The molecule has 0 aliphatic carbocycles. The number of aromatic nitrogens is 3. The number of ether oxygens (including phenoxy) is 1. The van der Waals surface area contributed by atoms with Crippen LogP contribution < -0.4 is 3.71 Å². The lowest BCUT2D eigenvalue weighted by Gasteiger charge is -2.17. The molecular weight excluding hydrogens is 563 g/mol. The van der Waals surface area contributed by atoms with Gasteiger partial charge in [0.2, 0.25) is 20.0 Å². The minimum Gasteiger partial charge on any atom is -0.462 e. The highest BCUT2D eigenvalue weighted by Crippen LogP contribution is 2.38. The summed E-state index contributed by atoms with van der Waals surface area (Å²) < 4.78 is 56.8. The Morgan fingerprint density at radius 1 is 0.973 bits per heavy atom. The van der Waals surface area contributed by atoms with Crippen LogP contribution in [0, 0.1) is 0 Å². The van der Waals surface area contributed by atoms with Gasteiger partial charge in [-0.3, -0.25) is 0 Å². The van der Waals surface area contributed by atoms with E-state index in [9.17, 15) is 21.6 Å². The third-order valence-electron chi connectivity index (χ3n) is 5.16. The summed E-state index contributed by atoms with van der Waals surface area (Å²) in [4.78, 5) is 17.4. The van der Waals surface area contributed by atoms with Crippen LogP contribution in [0.1, 0.15) is 17.3 Å². The van der Waals surface area contributed by atoms with Crippen molar-refractivity contribution < 1.29 is 26.4 Å². The van der Waals surface area contributed by atoms with Crippen molar-refractivity contribution in [2.45, 2.75) is 6.92 Å². The van der Waals surface area contributed by atoms with E-state index in [1.165, 1.54) is 10.7 Å². The van der Waals surface area contributed by atoms with Crippen molar-refractivity contribution in [3.05, 3.63) is 70.3 Å². The number of rotatable bonds is 7. The van der Waals surface area contributed by atoms with E-state index in [4.69, 9.17) is 27.9 Å². The SMILES string of the molecule is CCOC(=O)c1c(N(S(C)(=O)=O)S(C)(=O)=O)nn2c(-c3ccc(Cl)cc3)c(-c3ccccc3Cl)cnc12. The van der Waals surface area contributed by atoms with E-state index in [0.717, 1.165) is 0 Å². The first-order valence-electron chi connectivity index (χ1n) is 10.6. The summed E-state index contributed by atoms with van der Waals surface area (Å²) in [5.41, 5.74) is 1.41. The summed E-state index contributed by atoms with van der Waals surface area (Å²) in [6, 6.07) is 13.6. The summed E-state index contributed by atoms with van der Waals surface area (Å²) in [6.45, 7) is 1.49. The molecule has 0 unspecified atom stereocenters. The summed E-state index contributed by atoms with van der Waals surface area (Å²) in [5.74, 6) is -1.66. The fourth-order valence-electron chi connectivity index (χ4n) is 3.81. The standard InChI is InChI=1S/C23H20Cl2N4O6S2/c1-4-35-23(30)19-21-26-13-17(16-7-5-6-8-18(16)25)20(14-9-11-15(24)12-10-14)28(21)27-22(19)29(36(2,31)32)37(3,33)34/h5-13H,4H2,1-3H3. The van der Waals surface area contributed by atoms with Crippen molar-refractivity contribution in [3.8, 4) is 22.4 Å². The van der Waals surface area contributed by atoms with Crippen molar-refractivity contribution in [2.75, 3.05) is 22.8 Å². The van der Waals surface area contributed by atoms with Crippen LogP contribution in [-0.2, 0) is 24.8 Å². The molecule has 0 atom stereocenters. The number of hydrogen-bond donors (Lipinski definition) is 0. The van der Waals surface area contributed by atoms with Crippen molar-refractivity contribution in [3.63, 3.8) is 0 Å². The molecule has 0 bridgehead atoms. The van der Waals surface area contributed by atoms with Gasteiger partial charge in [-0.1, -0.05) is 53.5 Å². The average Bonchev–Trinajstić information content (AvgIpc) is 3.16. The number of sulfonamides is 2. The summed E-state index contributed by atoms with van der Waals surface area (Å²) in [5, 5.41) is 5.16.